The number of carbonyl (C=O) groups excluding carboxylic acids is 2. The Kier molecular flexibility index (Phi) is 22.8. The van der Waals surface area contributed by atoms with E-state index in [0.29, 0.717) is 75.4 Å². The molecule has 0 spiro atoms. The largest absolute Gasteiger partial charge is 0.455 e. The third-order valence-corrected chi connectivity index (χ3v) is 14.2. The summed E-state index contributed by atoms with van der Waals surface area (Å²) in [5.41, 5.74) is 1.01. The van der Waals surface area contributed by atoms with Gasteiger partial charge in [0.05, 0.1) is 97.7 Å². The molecular formula is C50H84O16. The van der Waals surface area contributed by atoms with E-state index >= 15 is 0 Å². The zero-order chi connectivity index (χ0) is 47.9. The third kappa shape index (κ3) is 17.1. The monoisotopic (exact) mass is 941 g/mol. The summed E-state index contributed by atoms with van der Waals surface area (Å²) < 4.78 is 33.8. The first-order chi connectivity index (χ1) is 31.5. The van der Waals surface area contributed by atoms with Gasteiger partial charge < -0.3 is 69.3 Å². The summed E-state index contributed by atoms with van der Waals surface area (Å²) in [6, 6.07) is 0. The number of hydrogen-bond acceptors (Lipinski definition) is 16. The Labute approximate surface area is 392 Å². The lowest BCUT2D eigenvalue weighted by atomic mass is 9.98. The zero-order valence-corrected chi connectivity index (χ0v) is 39.9. The van der Waals surface area contributed by atoms with Crippen molar-refractivity contribution in [3.05, 3.63) is 23.3 Å². The molecule has 0 unspecified atom stereocenters. The highest BCUT2D eigenvalue weighted by Crippen LogP contribution is 2.34. The molecule has 0 radical (unpaired) electrons. The number of aliphatic hydroxyl groups excluding tert-OH is 8. The number of unbranched alkanes of at least 4 members (excludes halogenated alkanes) is 2. The number of carbonyl (C=O) groups is 2. The Morgan fingerprint density at radius 2 is 0.742 bits per heavy atom. The van der Waals surface area contributed by atoms with E-state index in [2.05, 4.69) is 13.8 Å². The maximum absolute atomic E-state index is 11.7. The molecule has 6 aliphatic heterocycles. The molecule has 0 aliphatic carbocycles. The van der Waals surface area contributed by atoms with Gasteiger partial charge in [-0.25, -0.2) is 9.59 Å². The van der Waals surface area contributed by atoms with Gasteiger partial charge in [-0.05, 0) is 129 Å². The van der Waals surface area contributed by atoms with E-state index in [1.54, 1.807) is 26.0 Å². The summed E-state index contributed by atoms with van der Waals surface area (Å²) in [5, 5.41) is 83.4. The zero-order valence-electron chi connectivity index (χ0n) is 39.9. The van der Waals surface area contributed by atoms with Gasteiger partial charge in [-0.3, -0.25) is 0 Å². The number of ether oxygens (including phenoxy) is 6. The SMILES string of the molecule is CCCC[C@H](O)[C@H]1CC[C@@H]([C@@H](O)CC[C@H](O)[C@@H]2CC[C@@H](C[C@@H](O)CC3=C[C@H](C)OC3=O)O2)O1.CCCC[C@H](O)[C@H]1CC[C@H]([C@H](O)CC[C@H](O)[C@@H]2CC[C@@H](C[C@@H](O)CC3=C[C@H](C)OC3=O)O2)O1. The summed E-state index contributed by atoms with van der Waals surface area (Å²) in [5.74, 6) is -0.734. The molecule has 16 nitrogen and oxygen atoms in total. The van der Waals surface area contributed by atoms with Crippen molar-refractivity contribution in [1.82, 2.24) is 0 Å². The number of aliphatic hydroxyl groups is 8. The van der Waals surface area contributed by atoms with Crippen LogP contribution in [0.3, 0.4) is 0 Å². The van der Waals surface area contributed by atoms with Crippen LogP contribution in [0.1, 0.15) is 169 Å². The minimum Gasteiger partial charge on any atom is -0.455 e. The van der Waals surface area contributed by atoms with Crippen LogP contribution >= 0.6 is 0 Å². The molecule has 16 heteroatoms. The Morgan fingerprint density at radius 1 is 0.455 bits per heavy atom. The van der Waals surface area contributed by atoms with Crippen molar-refractivity contribution < 1.29 is 78.9 Å². The van der Waals surface area contributed by atoms with Crippen molar-refractivity contribution in [2.75, 3.05) is 0 Å². The molecule has 0 aromatic heterocycles. The first-order valence-electron chi connectivity index (χ1n) is 25.4. The highest BCUT2D eigenvalue weighted by atomic mass is 16.6. The Balaban J connectivity index is 0.000000247. The van der Waals surface area contributed by atoms with E-state index in [4.69, 9.17) is 28.4 Å². The van der Waals surface area contributed by atoms with E-state index in [1.165, 1.54) is 0 Å². The van der Waals surface area contributed by atoms with Gasteiger partial charge in [-0.1, -0.05) is 39.5 Å². The first kappa shape index (κ1) is 54.9. The topological polar surface area (TPSA) is 251 Å². The standard InChI is InChI=1S/2C25H42O8/c2*1-3-4-5-19(27)23-10-11-24(33-23)21(29)8-7-20(28)22-9-6-18(32-22)14-17(26)13-16-12-15(2)31-25(16)30/h2*12,15,17-24,26-29H,3-11,13-14H2,1-2H3/t15-,17-,18-,19-,20-,21+,22-,23+,24+;15-,17-,18-,19-,20-,21-,22-,23+,24-/m00/s1. The molecule has 4 saturated heterocycles. The van der Waals surface area contributed by atoms with Gasteiger partial charge in [0, 0.05) is 24.0 Å². The molecule has 0 amide bonds. The van der Waals surface area contributed by atoms with Crippen molar-refractivity contribution in [2.45, 2.75) is 279 Å². The van der Waals surface area contributed by atoms with Crippen molar-refractivity contribution in [2.24, 2.45) is 0 Å². The minimum atomic E-state index is -0.697. The molecular weight excluding hydrogens is 857 g/mol. The molecule has 0 bridgehead atoms. The number of hydrogen-bond donors (Lipinski definition) is 8. The lowest BCUT2D eigenvalue weighted by Crippen LogP contribution is -2.33. The maximum atomic E-state index is 11.7. The average molecular weight is 941 g/mol. The van der Waals surface area contributed by atoms with Crippen molar-refractivity contribution in [3.63, 3.8) is 0 Å². The summed E-state index contributed by atoms with van der Waals surface area (Å²) >= 11 is 0. The third-order valence-electron chi connectivity index (χ3n) is 14.2. The van der Waals surface area contributed by atoms with E-state index in [9.17, 15) is 50.4 Å². The van der Waals surface area contributed by atoms with Crippen LogP contribution in [0.15, 0.2) is 23.3 Å². The van der Waals surface area contributed by atoms with E-state index < -0.39 is 48.8 Å². The van der Waals surface area contributed by atoms with Crippen LogP contribution in [0.4, 0.5) is 0 Å². The smallest absolute Gasteiger partial charge is 0.334 e. The molecule has 380 valence electrons. The molecule has 0 aromatic rings. The predicted octanol–water partition coefficient (Wildman–Crippen LogP) is 4.30. The van der Waals surface area contributed by atoms with Crippen molar-refractivity contribution >= 4 is 11.9 Å². The normalized spacial score (nSPS) is 33.6. The fourth-order valence-corrected chi connectivity index (χ4v) is 10.4. The van der Waals surface area contributed by atoms with E-state index in [0.717, 1.165) is 64.2 Å². The predicted molar refractivity (Wildman–Crippen MR) is 243 cm³/mol. The van der Waals surface area contributed by atoms with Crippen molar-refractivity contribution in [3.8, 4) is 0 Å². The van der Waals surface area contributed by atoms with Crippen LogP contribution in [0, 0.1) is 0 Å². The number of esters is 2. The molecule has 6 heterocycles. The molecule has 8 N–H and O–H groups in total. The van der Waals surface area contributed by atoms with Crippen LogP contribution in [0.5, 0.6) is 0 Å². The minimum absolute atomic E-state index is 0.163. The molecule has 18 atom stereocenters. The van der Waals surface area contributed by atoms with Crippen molar-refractivity contribution in [1.29, 1.82) is 0 Å². The lowest BCUT2D eigenvalue weighted by molar-refractivity contribution is -0.140. The second-order valence-corrected chi connectivity index (χ2v) is 20.0. The molecule has 0 saturated carbocycles. The number of cyclic esters (lactones) is 2. The lowest BCUT2D eigenvalue weighted by Gasteiger charge is -2.24. The van der Waals surface area contributed by atoms with Crippen LogP contribution < -0.4 is 0 Å². The van der Waals surface area contributed by atoms with E-state index in [1.807, 2.05) is 0 Å². The van der Waals surface area contributed by atoms with Gasteiger partial charge >= 0.3 is 11.9 Å². The molecule has 0 aromatic carbocycles. The maximum Gasteiger partial charge on any atom is 0.334 e. The Morgan fingerprint density at radius 3 is 1.03 bits per heavy atom. The Hall–Kier alpha value is -2.06. The van der Waals surface area contributed by atoms with Gasteiger partial charge in [-0.2, -0.15) is 0 Å². The molecule has 6 rings (SSSR count). The molecule has 6 aliphatic rings. The molecule has 66 heavy (non-hydrogen) atoms. The van der Waals surface area contributed by atoms with Crippen LogP contribution in [-0.2, 0) is 38.0 Å². The Bertz CT molecular complexity index is 1410. The van der Waals surface area contributed by atoms with E-state index in [-0.39, 0.29) is 85.8 Å². The van der Waals surface area contributed by atoms with Gasteiger partial charge in [0.15, 0.2) is 0 Å². The highest BCUT2D eigenvalue weighted by Gasteiger charge is 2.39. The molecule has 4 fully saturated rings. The first-order valence-corrected chi connectivity index (χ1v) is 25.4. The van der Waals surface area contributed by atoms with Gasteiger partial charge in [0.2, 0.25) is 0 Å². The second-order valence-electron chi connectivity index (χ2n) is 20.0. The quantitative estimate of drug-likeness (QED) is 0.0563. The van der Waals surface area contributed by atoms with Gasteiger partial charge in [-0.15, -0.1) is 0 Å². The van der Waals surface area contributed by atoms with Crippen LogP contribution in [-0.4, -0.2) is 163 Å². The van der Waals surface area contributed by atoms with Crippen LogP contribution in [0.2, 0.25) is 0 Å². The number of rotatable bonds is 26. The summed E-state index contributed by atoms with van der Waals surface area (Å²) in [4.78, 5) is 23.4. The van der Waals surface area contributed by atoms with Gasteiger partial charge in [0.1, 0.15) is 12.2 Å². The summed E-state index contributed by atoms with van der Waals surface area (Å²) in [7, 11) is 0. The fraction of sp³-hybridized carbons (Fsp3) is 0.880. The van der Waals surface area contributed by atoms with Gasteiger partial charge in [0.25, 0.3) is 0 Å². The fourth-order valence-electron chi connectivity index (χ4n) is 10.4. The average Bonchev–Trinajstić information content (AvgIpc) is 4.15. The summed E-state index contributed by atoms with van der Waals surface area (Å²) in [6.07, 6.45) is 10.1. The second kappa shape index (κ2) is 27.4. The summed E-state index contributed by atoms with van der Waals surface area (Å²) in [6.45, 7) is 7.75. The van der Waals surface area contributed by atoms with Crippen LogP contribution in [0.25, 0.3) is 0 Å². The highest BCUT2D eigenvalue weighted by molar-refractivity contribution is 5.91.